The molecule has 9 heteroatoms. The number of benzene rings is 1. The Kier molecular flexibility index (Phi) is 6.36. The minimum absolute atomic E-state index is 0.239. The van der Waals surface area contributed by atoms with E-state index < -0.39 is 21.5 Å². The van der Waals surface area contributed by atoms with Crippen molar-refractivity contribution in [1.29, 1.82) is 0 Å². The van der Waals surface area contributed by atoms with E-state index in [0.29, 0.717) is 18.4 Å². The van der Waals surface area contributed by atoms with Crippen LogP contribution in [0, 0.1) is 0 Å². The third-order valence-corrected chi connectivity index (χ3v) is 3.61. The van der Waals surface area contributed by atoms with Gasteiger partial charge in [-0.25, -0.2) is 5.06 Å². The summed E-state index contributed by atoms with van der Waals surface area (Å²) in [5.41, 5.74) is -5.04. The number of halogens is 3. The molecule has 0 N–H and O–H groups in total. The number of amides is 1. The molecule has 5 nitrogen and oxygen atoms in total. The van der Waals surface area contributed by atoms with Crippen molar-refractivity contribution in [3.05, 3.63) is 35.9 Å². The lowest BCUT2D eigenvalue weighted by Gasteiger charge is -2.21. The van der Waals surface area contributed by atoms with Gasteiger partial charge in [-0.05, 0) is 12.0 Å². The maximum Gasteiger partial charge on any atom is 0.525 e. The second-order valence-electron chi connectivity index (χ2n) is 4.49. The Morgan fingerprint density at radius 2 is 1.82 bits per heavy atom. The molecule has 0 atom stereocenters. The summed E-state index contributed by atoms with van der Waals surface area (Å²) in [5, 5.41) is 0.263. The summed E-state index contributed by atoms with van der Waals surface area (Å²) in [6, 6.07) is 8.24. The van der Waals surface area contributed by atoms with Crippen molar-refractivity contribution in [2.24, 2.45) is 0 Å². The smallest absolute Gasteiger partial charge is 0.272 e. The molecule has 0 aliphatic rings. The minimum atomic E-state index is -5.86. The van der Waals surface area contributed by atoms with Gasteiger partial charge in [-0.15, -0.1) is 4.28 Å². The van der Waals surface area contributed by atoms with Gasteiger partial charge in [0.25, 0.3) is 5.91 Å². The molecule has 0 saturated carbocycles. The lowest BCUT2D eigenvalue weighted by atomic mass is 10.1. The van der Waals surface area contributed by atoms with E-state index in [9.17, 15) is 26.4 Å². The number of alkyl halides is 3. The summed E-state index contributed by atoms with van der Waals surface area (Å²) in [6.07, 6.45) is 0.621. The second kappa shape index (κ2) is 7.59. The van der Waals surface area contributed by atoms with Crippen LogP contribution in [0.15, 0.2) is 30.3 Å². The molecule has 124 valence electrons. The van der Waals surface area contributed by atoms with E-state index in [-0.39, 0.29) is 18.0 Å². The predicted octanol–water partition coefficient (Wildman–Crippen LogP) is 2.64. The summed E-state index contributed by atoms with van der Waals surface area (Å²) in [7, 11) is -5.86. The van der Waals surface area contributed by atoms with Gasteiger partial charge in [0.05, 0.1) is 13.0 Å². The van der Waals surface area contributed by atoms with E-state index in [0.717, 1.165) is 0 Å². The van der Waals surface area contributed by atoms with Crippen molar-refractivity contribution >= 4 is 16.0 Å². The first-order valence-electron chi connectivity index (χ1n) is 6.52. The molecule has 0 aliphatic heterocycles. The monoisotopic (exact) mass is 339 g/mol. The summed E-state index contributed by atoms with van der Waals surface area (Å²) in [4.78, 5) is 12.0. The molecule has 22 heavy (non-hydrogen) atoms. The molecule has 1 aromatic rings. The van der Waals surface area contributed by atoms with E-state index >= 15 is 0 Å². The molecule has 0 spiro atoms. The van der Waals surface area contributed by atoms with Crippen molar-refractivity contribution in [2.75, 3.05) is 6.54 Å². The molecule has 0 aliphatic carbocycles. The van der Waals surface area contributed by atoms with Gasteiger partial charge in [0.15, 0.2) is 0 Å². The summed E-state index contributed by atoms with van der Waals surface area (Å²) in [5.74, 6) is -0.854. The molecule has 0 fully saturated rings. The number of unbranched alkanes of at least 4 members (excludes halogenated alkanes) is 1. The highest BCUT2D eigenvalue weighted by Gasteiger charge is 2.49. The second-order valence-corrected chi connectivity index (χ2v) is 6.01. The normalized spacial score (nSPS) is 12.2. The van der Waals surface area contributed by atoms with Gasteiger partial charge in [-0.1, -0.05) is 43.7 Å². The Bertz CT molecular complexity index is 587. The molecule has 0 bridgehead atoms. The van der Waals surface area contributed by atoms with E-state index in [1.165, 1.54) is 0 Å². The number of nitrogens with zero attached hydrogens (tertiary/aromatic N) is 1. The number of carbonyl (C=O) groups excluding carboxylic acids is 1. The Morgan fingerprint density at radius 3 is 2.32 bits per heavy atom. The molecule has 1 rings (SSSR count). The van der Waals surface area contributed by atoms with Crippen LogP contribution >= 0.6 is 0 Å². The van der Waals surface area contributed by atoms with Gasteiger partial charge in [-0.2, -0.15) is 21.6 Å². The van der Waals surface area contributed by atoms with E-state index in [4.69, 9.17) is 0 Å². The summed E-state index contributed by atoms with van der Waals surface area (Å²) in [6.45, 7) is 1.51. The van der Waals surface area contributed by atoms with Gasteiger partial charge in [0.2, 0.25) is 0 Å². The minimum Gasteiger partial charge on any atom is -0.272 e. The third-order valence-electron chi connectivity index (χ3n) is 2.66. The maximum absolute atomic E-state index is 12.4. The number of rotatable bonds is 7. The standard InChI is InChI=1S/C13H16F3NO4S/c1-2-3-9-17(21-22(19,20)13(14,15)16)12(18)10-11-7-5-4-6-8-11/h4-8H,2-3,9-10H2,1H3. The van der Waals surface area contributed by atoms with E-state index in [1.807, 2.05) is 0 Å². The Balaban J connectivity index is 2.86. The zero-order valence-electron chi connectivity index (χ0n) is 11.8. The first kappa shape index (κ1) is 18.4. The van der Waals surface area contributed by atoms with Crippen molar-refractivity contribution in [1.82, 2.24) is 5.06 Å². The topological polar surface area (TPSA) is 63.7 Å². The molecular weight excluding hydrogens is 323 g/mol. The summed E-state index contributed by atoms with van der Waals surface area (Å²) >= 11 is 0. The van der Waals surface area contributed by atoms with E-state index in [2.05, 4.69) is 4.28 Å². The molecule has 0 aromatic heterocycles. The molecule has 0 heterocycles. The number of hydroxylamine groups is 2. The van der Waals surface area contributed by atoms with Crippen LogP contribution in [0.4, 0.5) is 13.2 Å². The highest BCUT2D eigenvalue weighted by molar-refractivity contribution is 7.87. The maximum atomic E-state index is 12.4. The summed E-state index contributed by atoms with van der Waals surface area (Å²) < 4.78 is 63.1. The van der Waals surface area contributed by atoms with Gasteiger partial charge >= 0.3 is 15.6 Å². The fourth-order valence-corrected chi connectivity index (χ4v) is 2.00. The molecule has 1 amide bonds. The first-order valence-corrected chi connectivity index (χ1v) is 7.93. The van der Waals surface area contributed by atoms with Gasteiger partial charge in [0, 0.05) is 0 Å². The molecular formula is C13H16F3NO4S. The van der Waals surface area contributed by atoms with Gasteiger partial charge in [0.1, 0.15) is 0 Å². The fraction of sp³-hybridized carbons (Fsp3) is 0.462. The van der Waals surface area contributed by atoms with Crippen LogP contribution in [0.2, 0.25) is 0 Å². The van der Waals surface area contributed by atoms with Crippen LogP contribution in [-0.2, 0) is 25.6 Å². The van der Waals surface area contributed by atoms with Crippen molar-refractivity contribution in [3.8, 4) is 0 Å². The lowest BCUT2D eigenvalue weighted by Crippen LogP contribution is -2.39. The molecule has 1 aromatic carbocycles. The van der Waals surface area contributed by atoms with Crippen LogP contribution in [-0.4, -0.2) is 31.4 Å². The van der Waals surface area contributed by atoms with Gasteiger partial charge in [-0.3, -0.25) is 4.79 Å². The predicted molar refractivity (Wildman–Crippen MR) is 72.8 cm³/mol. The van der Waals surface area contributed by atoms with Crippen molar-refractivity contribution in [2.45, 2.75) is 31.7 Å². The lowest BCUT2D eigenvalue weighted by molar-refractivity contribution is -0.160. The highest BCUT2D eigenvalue weighted by Crippen LogP contribution is 2.25. The SMILES string of the molecule is CCCCN(OS(=O)(=O)C(F)(F)F)C(=O)Cc1ccccc1. The highest BCUT2D eigenvalue weighted by atomic mass is 32.2. The quantitative estimate of drug-likeness (QED) is 0.566. The molecule has 0 radical (unpaired) electrons. The number of hydrogen-bond acceptors (Lipinski definition) is 4. The zero-order valence-corrected chi connectivity index (χ0v) is 12.7. The van der Waals surface area contributed by atoms with Crippen LogP contribution in [0.3, 0.4) is 0 Å². The largest absolute Gasteiger partial charge is 0.525 e. The third kappa shape index (κ3) is 5.30. The Labute approximate surface area is 126 Å². The Morgan fingerprint density at radius 1 is 1.23 bits per heavy atom. The van der Waals surface area contributed by atoms with Crippen LogP contribution in [0.5, 0.6) is 0 Å². The number of carbonyl (C=O) groups is 1. The number of hydrogen-bond donors (Lipinski definition) is 0. The van der Waals surface area contributed by atoms with Gasteiger partial charge < -0.3 is 0 Å². The van der Waals surface area contributed by atoms with E-state index in [1.54, 1.807) is 37.3 Å². The van der Waals surface area contributed by atoms with Crippen molar-refractivity contribution < 1.29 is 30.7 Å². The molecule has 0 saturated heterocycles. The fourth-order valence-electron chi connectivity index (χ4n) is 1.52. The zero-order chi connectivity index (χ0) is 16.8. The van der Waals surface area contributed by atoms with Crippen LogP contribution < -0.4 is 0 Å². The average Bonchev–Trinajstić information content (AvgIpc) is 2.43. The van der Waals surface area contributed by atoms with Crippen molar-refractivity contribution in [3.63, 3.8) is 0 Å². The van der Waals surface area contributed by atoms with Crippen LogP contribution in [0.1, 0.15) is 25.3 Å². The Hall–Kier alpha value is -1.61. The average molecular weight is 339 g/mol. The molecule has 0 unspecified atom stereocenters. The first-order chi connectivity index (χ1) is 10.2. The van der Waals surface area contributed by atoms with Crippen LogP contribution in [0.25, 0.3) is 0 Å².